The highest BCUT2D eigenvalue weighted by molar-refractivity contribution is 5.88. The van der Waals surface area contributed by atoms with Crippen LogP contribution in [0.3, 0.4) is 0 Å². The Morgan fingerprint density at radius 3 is 2.42 bits per heavy atom. The first-order valence-corrected chi connectivity index (χ1v) is 7.84. The summed E-state index contributed by atoms with van der Waals surface area (Å²) in [5, 5.41) is 10.4. The lowest BCUT2D eigenvalue weighted by Gasteiger charge is -2.07. The van der Waals surface area contributed by atoms with Crippen molar-refractivity contribution in [1.82, 2.24) is 10.2 Å². The van der Waals surface area contributed by atoms with Gasteiger partial charge in [0.1, 0.15) is 5.75 Å². The Balaban J connectivity index is 1.46. The third kappa shape index (κ3) is 3.13. The minimum absolute atomic E-state index is 0.260. The Hall–Kier alpha value is -3.14. The minimum Gasteiger partial charge on any atom is -0.483 e. The smallest absolute Gasteiger partial charge is 0.253 e. The molecule has 4 rings (SSSR count). The summed E-state index contributed by atoms with van der Waals surface area (Å²) in [7, 11) is 0. The maximum Gasteiger partial charge on any atom is 0.253 e. The summed E-state index contributed by atoms with van der Waals surface area (Å²) in [6.45, 7) is 0.260. The van der Waals surface area contributed by atoms with E-state index in [0.29, 0.717) is 18.2 Å². The van der Waals surface area contributed by atoms with E-state index in [1.54, 1.807) is 0 Å². The van der Waals surface area contributed by atoms with Crippen LogP contribution in [0.2, 0.25) is 0 Å². The first-order valence-electron chi connectivity index (χ1n) is 7.84. The zero-order valence-electron chi connectivity index (χ0n) is 13.1. The molecule has 3 aromatic carbocycles. The zero-order chi connectivity index (χ0) is 16.2. The normalized spacial score (nSPS) is 10.8. The number of aromatic nitrogens is 2. The topological polar surface area (TPSA) is 48.2 Å². The van der Waals surface area contributed by atoms with Crippen molar-refractivity contribution < 1.29 is 9.15 Å². The molecular formula is C20H16N2O2. The SMILES string of the molecule is c1ccc(Cc2nnc(COc3cccc4ccccc34)o2)cc1. The van der Waals surface area contributed by atoms with Crippen molar-refractivity contribution in [2.24, 2.45) is 0 Å². The first-order chi connectivity index (χ1) is 11.9. The minimum atomic E-state index is 0.260. The van der Waals surface area contributed by atoms with Gasteiger partial charge in [-0.25, -0.2) is 0 Å². The highest BCUT2D eigenvalue weighted by Gasteiger charge is 2.09. The van der Waals surface area contributed by atoms with Crippen LogP contribution in [0.1, 0.15) is 17.3 Å². The number of rotatable bonds is 5. The average molecular weight is 316 g/mol. The first kappa shape index (κ1) is 14.5. The molecule has 4 aromatic rings. The molecule has 0 bridgehead atoms. The monoisotopic (exact) mass is 316 g/mol. The van der Waals surface area contributed by atoms with Gasteiger partial charge in [0, 0.05) is 5.39 Å². The number of nitrogens with zero attached hydrogens (tertiary/aromatic N) is 2. The van der Waals surface area contributed by atoms with E-state index in [-0.39, 0.29) is 6.61 Å². The standard InChI is InChI=1S/C20H16N2O2/c1-2-7-15(8-3-1)13-19-21-22-20(24-19)14-23-18-12-6-10-16-9-4-5-11-17(16)18/h1-12H,13-14H2. The molecule has 0 radical (unpaired) electrons. The van der Waals surface area contributed by atoms with Crippen LogP contribution in [0.4, 0.5) is 0 Å². The zero-order valence-corrected chi connectivity index (χ0v) is 13.1. The molecule has 1 aromatic heterocycles. The summed E-state index contributed by atoms with van der Waals surface area (Å²) < 4.78 is 11.5. The predicted octanol–water partition coefficient (Wildman–Crippen LogP) is 4.39. The van der Waals surface area contributed by atoms with Crippen LogP contribution in [0.5, 0.6) is 5.75 Å². The summed E-state index contributed by atoms with van der Waals surface area (Å²) in [6.07, 6.45) is 0.627. The third-order valence-electron chi connectivity index (χ3n) is 3.81. The Morgan fingerprint density at radius 1 is 0.750 bits per heavy atom. The molecule has 0 aliphatic heterocycles. The number of ether oxygens (including phenoxy) is 1. The van der Waals surface area contributed by atoms with E-state index < -0.39 is 0 Å². The van der Waals surface area contributed by atoms with Crippen molar-refractivity contribution >= 4 is 10.8 Å². The highest BCUT2D eigenvalue weighted by atomic mass is 16.5. The summed E-state index contributed by atoms with van der Waals surface area (Å²) in [4.78, 5) is 0. The fourth-order valence-electron chi connectivity index (χ4n) is 2.65. The van der Waals surface area contributed by atoms with Crippen molar-refractivity contribution in [1.29, 1.82) is 0 Å². The van der Waals surface area contributed by atoms with Crippen LogP contribution < -0.4 is 4.74 Å². The van der Waals surface area contributed by atoms with Gasteiger partial charge in [0.2, 0.25) is 5.89 Å². The van der Waals surface area contributed by atoms with Gasteiger partial charge in [0.05, 0.1) is 6.42 Å². The number of hydrogen-bond donors (Lipinski definition) is 0. The summed E-state index contributed by atoms with van der Waals surface area (Å²) in [5.74, 6) is 1.89. The molecule has 0 aliphatic carbocycles. The lowest BCUT2D eigenvalue weighted by atomic mass is 10.1. The molecule has 0 amide bonds. The van der Waals surface area contributed by atoms with Crippen molar-refractivity contribution in [2.75, 3.05) is 0 Å². The molecule has 0 N–H and O–H groups in total. The second-order valence-corrected chi connectivity index (χ2v) is 5.52. The molecule has 0 spiro atoms. The maximum absolute atomic E-state index is 5.87. The molecule has 0 unspecified atom stereocenters. The van der Waals surface area contributed by atoms with Crippen LogP contribution in [0.15, 0.2) is 77.2 Å². The van der Waals surface area contributed by atoms with E-state index in [4.69, 9.17) is 9.15 Å². The highest BCUT2D eigenvalue weighted by Crippen LogP contribution is 2.25. The average Bonchev–Trinajstić information content (AvgIpc) is 3.08. The van der Waals surface area contributed by atoms with E-state index in [1.165, 1.54) is 0 Å². The quantitative estimate of drug-likeness (QED) is 0.548. The second-order valence-electron chi connectivity index (χ2n) is 5.52. The molecule has 0 atom stereocenters. The lowest BCUT2D eigenvalue weighted by Crippen LogP contribution is -1.96. The van der Waals surface area contributed by atoms with E-state index in [2.05, 4.69) is 22.3 Å². The fraction of sp³-hybridized carbons (Fsp3) is 0.100. The Labute approximate surface area is 139 Å². The van der Waals surface area contributed by atoms with Gasteiger partial charge >= 0.3 is 0 Å². The third-order valence-corrected chi connectivity index (χ3v) is 3.81. The Morgan fingerprint density at radius 2 is 1.50 bits per heavy atom. The molecular weight excluding hydrogens is 300 g/mol. The van der Waals surface area contributed by atoms with E-state index in [1.807, 2.05) is 60.7 Å². The van der Waals surface area contributed by atoms with Gasteiger partial charge in [0.25, 0.3) is 5.89 Å². The van der Waals surface area contributed by atoms with Crippen LogP contribution in [0.25, 0.3) is 10.8 Å². The Kier molecular flexibility index (Phi) is 3.94. The lowest BCUT2D eigenvalue weighted by molar-refractivity contribution is 0.262. The van der Waals surface area contributed by atoms with Crippen molar-refractivity contribution in [3.05, 3.63) is 90.1 Å². The summed E-state index contributed by atoms with van der Waals surface area (Å²) in [5.41, 5.74) is 1.14. The molecule has 0 fully saturated rings. The number of benzene rings is 3. The molecule has 118 valence electrons. The van der Waals surface area contributed by atoms with Crippen LogP contribution in [-0.4, -0.2) is 10.2 Å². The molecule has 1 heterocycles. The van der Waals surface area contributed by atoms with Crippen LogP contribution in [0, 0.1) is 0 Å². The molecule has 4 nitrogen and oxygen atoms in total. The van der Waals surface area contributed by atoms with Crippen LogP contribution in [-0.2, 0) is 13.0 Å². The number of fused-ring (bicyclic) bond motifs is 1. The van der Waals surface area contributed by atoms with Gasteiger partial charge < -0.3 is 9.15 Å². The maximum atomic E-state index is 5.87. The van der Waals surface area contributed by atoms with Gasteiger partial charge in [-0.1, -0.05) is 66.7 Å². The molecule has 24 heavy (non-hydrogen) atoms. The van der Waals surface area contributed by atoms with Crippen molar-refractivity contribution in [3.63, 3.8) is 0 Å². The van der Waals surface area contributed by atoms with Gasteiger partial charge in [-0.2, -0.15) is 0 Å². The van der Waals surface area contributed by atoms with Gasteiger partial charge in [-0.05, 0) is 17.0 Å². The predicted molar refractivity (Wildman–Crippen MR) is 91.8 cm³/mol. The van der Waals surface area contributed by atoms with Crippen LogP contribution >= 0.6 is 0 Å². The number of hydrogen-bond acceptors (Lipinski definition) is 4. The van der Waals surface area contributed by atoms with Crippen molar-refractivity contribution in [2.45, 2.75) is 13.0 Å². The molecule has 0 aliphatic rings. The van der Waals surface area contributed by atoms with Gasteiger partial charge in [0.15, 0.2) is 6.61 Å². The van der Waals surface area contributed by atoms with Gasteiger partial charge in [-0.15, -0.1) is 10.2 Å². The largest absolute Gasteiger partial charge is 0.483 e. The second kappa shape index (κ2) is 6.54. The molecule has 4 heteroatoms. The van der Waals surface area contributed by atoms with E-state index in [0.717, 1.165) is 22.1 Å². The summed E-state index contributed by atoms with van der Waals surface area (Å²) >= 11 is 0. The van der Waals surface area contributed by atoms with Gasteiger partial charge in [-0.3, -0.25) is 0 Å². The van der Waals surface area contributed by atoms with Crippen molar-refractivity contribution in [3.8, 4) is 5.75 Å². The molecule has 0 saturated carbocycles. The summed E-state index contributed by atoms with van der Waals surface area (Å²) in [6, 6.07) is 24.2. The van der Waals surface area contributed by atoms with E-state index >= 15 is 0 Å². The fourth-order valence-corrected chi connectivity index (χ4v) is 2.65. The Bertz CT molecular complexity index is 943. The molecule has 0 saturated heterocycles. The van der Waals surface area contributed by atoms with E-state index in [9.17, 15) is 0 Å².